The van der Waals surface area contributed by atoms with Crippen LogP contribution in [0.5, 0.6) is 11.8 Å². The summed E-state index contributed by atoms with van der Waals surface area (Å²) < 4.78 is 5.36. The van der Waals surface area contributed by atoms with Crippen LogP contribution in [0.25, 0.3) is 0 Å². The van der Waals surface area contributed by atoms with Crippen LogP contribution in [0.1, 0.15) is 5.56 Å². The minimum Gasteiger partial charge on any atom is -0.424 e. The largest absolute Gasteiger partial charge is 0.424 e. The Kier molecular flexibility index (Phi) is 3.55. The summed E-state index contributed by atoms with van der Waals surface area (Å²) in [7, 11) is 0. The lowest BCUT2D eigenvalue weighted by Crippen LogP contribution is -2.00. The molecule has 1 aromatic heterocycles. The molecule has 0 spiro atoms. The molecule has 0 unspecified atom stereocenters. The molecule has 0 aliphatic heterocycles. The first-order valence-electron chi connectivity index (χ1n) is 4.98. The van der Waals surface area contributed by atoms with E-state index in [-0.39, 0.29) is 17.2 Å². The smallest absolute Gasteiger partial charge is 0.328 e. The summed E-state index contributed by atoms with van der Waals surface area (Å²) in [6.07, 6.45) is 0.352. The lowest BCUT2D eigenvalue weighted by molar-refractivity contribution is 0.440. The van der Waals surface area contributed by atoms with E-state index in [4.69, 9.17) is 27.3 Å². The highest BCUT2D eigenvalue weighted by Gasteiger charge is 2.05. The van der Waals surface area contributed by atoms with Gasteiger partial charge >= 0.3 is 6.01 Å². The third kappa shape index (κ3) is 3.06. The lowest BCUT2D eigenvalue weighted by atomic mass is 10.2. The zero-order valence-corrected chi connectivity index (χ0v) is 9.92. The van der Waals surface area contributed by atoms with Crippen molar-refractivity contribution < 1.29 is 4.74 Å². The average Bonchev–Trinajstić information content (AvgIpc) is 2.31. The van der Waals surface area contributed by atoms with Crippen molar-refractivity contribution in [2.45, 2.75) is 6.42 Å². The zero-order valence-electron chi connectivity index (χ0n) is 9.17. The first kappa shape index (κ1) is 12.1. The highest BCUT2D eigenvalue weighted by atomic mass is 35.5. The molecular weight excluding hydrogens is 254 g/mol. The van der Waals surface area contributed by atoms with E-state index in [1.807, 2.05) is 0 Å². The fourth-order valence-corrected chi connectivity index (χ4v) is 1.42. The summed E-state index contributed by atoms with van der Waals surface area (Å²) in [6.45, 7) is 0. The second-order valence-corrected chi connectivity index (χ2v) is 3.66. The molecular formula is C11H8ClN5O. The number of hydrogen-bond donors (Lipinski definition) is 1. The van der Waals surface area contributed by atoms with E-state index in [1.165, 1.54) is 0 Å². The number of halogens is 1. The molecule has 0 aliphatic carbocycles. The molecule has 0 radical (unpaired) electrons. The third-order valence-corrected chi connectivity index (χ3v) is 2.19. The number of nitriles is 1. The predicted octanol–water partition coefficient (Wildman–Crippen LogP) is 1.97. The average molecular weight is 262 g/mol. The van der Waals surface area contributed by atoms with Crippen LogP contribution in [0.4, 0.5) is 5.95 Å². The van der Waals surface area contributed by atoms with E-state index in [9.17, 15) is 0 Å². The number of benzene rings is 1. The van der Waals surface area contributed by atoms with Gasteiger partial charge in [-0.2, -0.15) is 20.2 Å². The van der Waals surface area contributed by atoms with Gasteiger partial charge in [-0.15, -0.1) is 0 Å². The van der Waals surface area contributed by atoms with Gasteiger partial charge in [-0.1, -0.05) is 12.1 Å². The summed E-state index contributed by atoms with van der Waals surface area (Å²) in [5.74, 6) is 0.518. The van der Waals surface area contributed by atoms with E-state index in [0.717, 1.165) is 5.56 Å². The second-order valence-electron chi connectivity index (χ2n) is 3.33. The van der Waals surface area contributed by atoms with Gasteiger partial charge in [0.05, 0.1) is 12.5 Å². The van der Waals surface area contributed by atoms with Crippen LogP contribution < -0.4 is 10.5 Å². The van der Waals surface area contributed by atoms with E-state index >= 15 is 0 Å². The van der Waals surface area contributed by atoms with Crippen molar-refractivity contribution in [1.82, 2.24) is 15.0 Å². The number of nitrogen functional groups attached to an aromatic ring is 1. The van der Waals surface area contributed by atoms with E-state index in [0.29, 0.717) is 12.2 Å². The Morgan fingerprint density at radius 2 is 1.94 bits per heavy atom. The van der Waals surface area contributed by atoms with Gasteiger partial charge in [0, 0.05) is 0 Å². The monoisotopic (exact) mass is 261 g/mol. The van der Waals surface area contributed by atoms with Crippen LogP contribution in [0, 0.1) is 11.3 Å². The van der Waals surface area contributed by atoms with Gasteiger partial charge in [0.25, 0.3) is 0 Å². The third-order valence-electron chi connectivity index (χ3n) is 2.02. The fourth-order valence-electron chi connectivity index (χ4n) is 1.26. The second kappa shape index (κ2) is 5.29. The number of aromatic nitrogens is 3. The Balaban J connectivity index is 2.16. The molecule has 0 bridgehead atoms. The number of ether oxygens (including phenoxy) is 1. The first-order valence-corrected chi connectivity index (χ1v) is 5.36. The summed E-state index contributed by atoms with van der Waals surface area (Å²) >= 11 is 5.62. The van der Waals surface area contributed by atoms with Gasteiger partial charge in [-0.25, -0.2) is 0 Å². The van der Waals surface area contributed by atoms with Gasteiger partial charge in [0.15, 0.2) is 0 Å². The SMILES string of the molecule is N#CCc1ccc(Oc2nc(N)nc(Cl)n2)cc1. The predicted molar refractivity (Wildman–Crippen MR) is 65.1 cm³/mol. The Labute approximate surface area is 108 Å². The maximum atomic E-state index is 8.55. The fraction of sp³-hybridized carbons (Fsp3) is 0.0909. The Morgan fingerprint density at radius 1 is 1.22 bits per heavy atom. The van der Waals surface area contributed by atoms with E-state index in [1.54, 1.807) is 24.3 Å². The summed E-state index contributed by atoms with van der Waals surface area (Å²) in [4.78, 5) is 11.2. The van der Waals surface area contributed by atoms with Crippen molar-refractivity contribution in [3.8, 4) is 17.8 Å². The van der Waals surface area contributed by atoms with Crippen LogP contribution in [0.15, 0.2) is 24.3 Å². The number of anilines is 1. The topological polar surface area (TPSA) is 97.7 Å². The first-order chi connectivity index (χ1) is 8.67. The zero-order chi connectivity index (χ0) is 13.0. The van der Waals surface area contributed by atoms with Crippen LogP contribution >= 0.6 is 11.6 Å². The van der Waals surface area contributed by atoms with E-state index in [2.05, 4.69) is 21.0 Å². The molecule has 0 fully saturated rings. The number of rotatable bonds is 3. The van der Waals surface area contributed by atoms with Gasteiger partial charge < -0.3 is 10.5 Å². The lowest BCUT2D eigenvalue weighted by Gasteiger charge is -2.04. The summed E-state index contributed by atoms with van der Waals surface area (Å²) in [6, 6.07) is 9.07. The molecule has 7 heteroatoms. The van der Waals surface area contributed by atoms with Crippen molar-refractivity contribution >= 4 is 17.5 Å². The van der Waals surface area contributed by atoms with Gasteiger partial charge in [-0.05, 0) is 29.3 Å². The molecule has 18 heavy (non-hydrogen) atoms. The Hall–Kier alpha value is -2.39. The highest BCUT2D eigenvalue weighted by molar-refractivity contribution is 6.28. The summed E-state index contributed by atoms with van der Waals surface area (Å²) in [5.41, 5.74) is 6.32. The molecule has 0 amide bonds. The van der Waals surface area contributed by atoms with Gasteiger partial charge in [-0.3, -0.25) is 0 Å². The summed E-state index contributed by atoms with van der Waals surface area (Å²) in [5, 5.41) is 8.52. The molecule has 0 atom stereocenters. The van der Waals surface area contributed by atoms with Crippen LogP contribution in [-0.2, 0) is 6.42 Å². The molecule has 6 nitrogen and oxygen atoms in total. The molecule has 90 valence electrons. The molecule has 1 heterocycles. The maximum absolute atomic E-state index is 8.55. The quantitative estimate of drug-likeness (QED) is 0.907. The standard InChI is InChI=1S/C11H8ClN5O/c12-9-15-10(14)17-11(16-9)18-8-3-1-7(2-4-8)5-6-13/h1-4H,5H2,(H2,14,15,16,17). The number of nitrogens with two attached hydrogens (primary N) is 1. The Bertz CT molecular complexity index is 573. The highest BCUT2D eigenvalue weighted by Crippen LogP contribution is 2.19. The maximum Gasteiger partial charge on any atom is 0.328 e. The molecule has 2 rings (SSSR count). The minimum atomic E-state index is -0.0291. The Morgan fingerprint density at radius 3 is 2.56 bits per heavy atom. The normalized spacial score (nSPS) is 9.78. The van der Waals surface area contributed by atoms with Crippen molar-refractivity contribution in [3.05, 3.63) is 35.1 Å². The van der Waals surface area contributed by atoms with Crippen molar-refractivity contribution in [3.63, 3.8) is 0 Å². The number of nitrogens with zero attached hydrogens (tertiary/aromatic N) is 4. The van der Waals surface area contributed by atoms with Crippen LogP contribution in [0.3, 0.4) is 0 Å². The van der Waals surface area contributed by atoms with Crippen molar-refractivity contribution in [2.75, 3.05) is 5.73 Å². The molecule has 2 aromatic rings. The molecule has 2 N–H and O–H groups in total. The molecule has 0 saturated heterocycles. The molecule has 1 aromatic carbocycles. The van der Waals surface area contributed by atoms with E-state index < -0.39 is 0 Å². The van der Waals surface area contributed by atoms with Crippen molar-refractivity contribution in [2.24, 2.45) is 0 Å². The molecule has 0 saturated carbocycles. The van der Waals surface area contributed by atoms with Crippen molar-refractivity contribution in [1.29, 1.82) is 5.26 Å². The van der Waals surface area contributed by atoms with Crippen LogP contribution in [-0.4, -0.2) is 15.0 Å². The van der Waals surface area contributed by atoms with Crippen LogP contribution in [0.2, 0.25) is 5.28 Å². The van der Waals surface area contributed by atoms with Gasteiger partial charge in [0.2, 0.25) is 11.2 Å². The molecule has 0 aliphatic rings. The minimum absolute atomic E-state index is 0.00824. The van der Waals surface area contributed by atoms with Gasteiger partial charge in [0.1, 0.15) is 5.75 Å². The number of hydrogen-bond acceptors (Lipinski definition) is 6.